The van der Waals surface area contributed by atoms with Crippen LogP contribution < -0.4 is 10.6 Å². The van der Waals surface area contributed by atoms with E-state index >= 15 is 0 Å². The molecule has 33 heavy (non-hydrogen) atoms. The molecule has 0 spiro atoms. The number of anilines is 2. The zero-order chi connectivity index (χ0) is 23.4. The Kier molecular flexibility index (Phi) is 6.75. The van der Waals surface area contributed by atoms with Crippen LogP contribution in [-0.4, -0.2) is 48.9 Å². The Hall–Kier alpha value is -3.64. The molecule has 0 unspecified atom stereocenters. The number of amides is 1. The van der Waals surface area contributed by atoms with Crippen molar-refractivity contribution in [2.24, 2.45) is 0 Å². The summed E-state index contributed by atoms with van der Waals surface area (Å²) < 4.78 is 0. The van der Waals surface area contributed by atoms with Gasteiger partial charge in [0.05, 0.1) is 5.69 Å². The molecule has 1 aliphatic rings. The molecule has 0 aromatic heterocycles. The van der Waals surface area contributed by atoms with Gasteiger partial charge in [0.1, 0.15) is 5.75 Å². The first-order valence-electron chi connectivity index (χ1n) is 11.2. The lowest BCUT2D eigenvalue weighted by molar-refractivity contribution is 0.0995. The van der Waals surface area contributed by atoms with Crippen molar-refractivity contribution in [3.8, 4) is 16.9 Å². The predicted octanol–water partition coefficient (Wildman–Crippen LogP) is 4.80. The molecule has 3 N–H and O–H groups in total. The number of phenolic OH excluding ortho intramolecular Hbond substituents is 1. The van der Waals surface area contributed by atoms with E-state index in [4.69, 9.17) is 0 Å². The van der Waals surface area contributed by atoms with Crippen molar-refractivity contribution in [3.63, 3.8) is 0 Å². The van der Waals surface area contributed by atoms with E-state index in [1.54, 1.807) is 30.3 Å². The Balaban J connectivity index is 1.50. The van der Waals surface area contributed by atoms with E-state index in [0.717, 1.165) is 36.3 Å². The number of hydrogen-bond donors (Lipinski definition) is 3. The molecule has 3 aromatic carbocycles. The van der Waals surface area contributed by atoms with Crippen molar-refractivity contribution < 1.29 is 14.7 Å². The Labute approximate surface area is 194 Å². The monoisotopic (exact) mass is 443 g/mol. The third-order valence-corrected chi connectivity index (χ3v) is 5.89. The summed E-state index contributed by atoms with van der Waals surface area (Å²) in [5, 5.41) is 16.6. The van der Waals surface area contributed by atoms with Crippen LogP contribution in [0.2, 0.25) is 0 Å². The highest BCUT2D eigenvalue weighted by molar-refractivity contribution is 6.12. The van der Waals surface area contributed by atoms with Crippen molar-refractivity contribution in [1.82, 2.24) is 4.90 Å². The quantitative estimate of drug-likeness (QED) is 0.436. The maximum Gasteiger partial charge on any atom is 0.255 e. The number of hydrogen-bond acceptors (Lipinski definition) is 5. The Morgan fingerprint density at radius 2 is 1.73 bits per heavy atom. The van der Waals surface area contributed by atoms with Gasteiger partial charge in [-0.25, -0.2) is 0 Å². The molecule has 6 nitrogen and oxygen atoms in total. The maximum absolute atomic E-state index is 12.9. The Morgan fingerprint density at radius 3 is 2.45 bits per heavy atom. The van der Waals surface area contributed by atoms with Crippen LogP contribution in [0, 0.1) is 0 Å². The highest BCUT2D eigenvalue weighted by atomic mass is 16.3. The van der Waals surface area contributed by atoms with Crippen molar-refractivity contribution in [2.75, 3.05) is 37.8 Å². The number of nitrogens with one attached hydrogen (secondary N) is 2. The van der Waals surface area contributed by atoms with Gasteiger partial charge < -0.3 is 20.6 Å². The van der Waals surface area contributed by atoms with E-state index < -0.39 is 0 Å². The molecule has 6 heteroatoms. The molecule has 3 aromatic rings. The lowest BCUT2D eigenvalue weighted by Gasteiger charge is -2.15. The first-order chi connectivity index (χ1) is 15.9. The number of Topliss-reactive ketones (excluding diaryl/α,β-unsaturated/α-hetero) is 1. The molecule has 0 radical (unpaired) electrons. The fraction of sp³-hybridized carbons (Fsp3) is 0.259. The van der Waals surface area contributed by atoms with Gasteiger partial charge in [-0.2, -0.15) is 0 Å². The summed E-state index contributed by atoms with van der Waals surface area (Å²) in [6.45, 7) is 1.88. The second kappa shape index (κ2) is 9.88. The fourth-order valence-corrected chi connectivity index (χ4v) is 4.21. The van der Waals surface area contributed by atoms with Crippen LogP contribution >= 0.6 is 0 Å². The van der Waals surface area contributed by atoms with Crippen molar-refractivity contribution in [1.29, 1.82) is 0 Å². The minimum Gasteiger partial charge on any atom is -0.507 e. The number of rotatable bonds is 8. The summed E-state index contributed by atoms with van der Waals surface area (Å²) in [5.74, 6) is -0.0764. The molecule has 4 rings (SSSR count). The van der Waals surface area contributed by atoms with Gasteiger partial charge in [-0.3, -0.25) is 9.59 Å². The first-order valence-corrected chi connectivity index (χ1v) is 11.2. The summed E-state index contributed by atoms with van der Waals surface area (Å²) in [4.78, 5) is 27.7. The largest absolute Gasteiger partial charge is 0.507 e. The number of carbonyl (C=O) groups is 2. The normalized spacial score (nSPS) is 12.6. The number of phenols is 1. The summed E-state index contributed by atoms with van der Waals surface area (Å²) in [6, 6.07) is 18.0. The van der Waals surface area contributed by atoms with Gasteiger partial charge in [0.25, 0.3) is 5.91 Å². The van der Waals surface area contributed by atoms with Gasteiger partial charge in [-0.05, 0) is 81.0 Å². The van der Waals surface area contributed by atoms with Gasteiger partial charge in [-0.1, -0.05) is 24.3 Å². The fourth-order valence-electron chi connectivity index (χ4n) is 4.21. The van der Waals surface area contributed by atoms with Crippen LogP contribution in [0.1, 0.15) is 39.1 Å². The molecule has 0 saturated heterocycles. The average molecular weight is 444 g/mol. The van der Waals surface area contributed by atoms with E-state index in [9.17, 15) is 14.7 Å². The number of benzene rings is 3. The van der Waals surface area contributed by atoms with Crippen molar-refractivity contribution in [2.45, 2.75) is 19.3 Å². The molecule has 170 valence electrons. The van der Waals surface area contributed by atoms with E-state index in [0.29, 0.717) is 35.2 Å². The van der Waals surface area contributed by atoms with Crippen LogP contribution in [0.3, 0.4) is 0 Å². The maximum atomic E-state index is 12.9. The predicted molar refractivity (Wildman–Crippen MR) is 132 cm³/mol. The second-order valence-corrected chi connectivity index (χ2v) is 8.57. The molecule has 1 amide bonds. The van der Waals surface area contributed by atoms with Crippen molar-refractivity contribution in [3.05, 3.63) is 77.4 Å². The van der Waals surface area contributed by atoms with Gasteiger partial charge in [-0.15, -0.1) is 0 Å². The lowest BCUT2D eigenvalue weighted by atomic mass is 9.95. The SMILES string of the molecule is CN(C)CCCNc1ccc(C(=O)Nc2ccc(-c3ccccc3O)c3c2C(=O)CC3)cc1. The molecular weight excluding hydrogens is 414 g/mol. The van der Waals surface area contributed by atoms with Crippen LogP contribution in [0.5, 0.6) is 5.75 Å². The van der Waals surface area contributed by atoms with Gasteiger partial charge >= 0.3 is 0 Å². The third kappa shape index (κ3) is 5.07. The molecule has 1 aliphatic carbocycles. The van der Waals surface area contributed by atoms with Crippen LogP contribution in [0.15, 0.2) is 60.7 Å². The van der Waals surface area contributed by atoms with E-state index in [1.807, 2.05) is 30.3 Å². The number of carbonyl (C=O) groups excluding carboxylic acids is 2. The summed E-state index contributed by atoms with van der Waals surface area (Å²) in [7, 11) is 4.10. The smallest absolute Gasteiger partial charge is 0.255 e. The minimum atomic E-state index is -0.258. The Bertz CT molecular complexity index is 1170. The zero-order valence-corrected chi connectivity index (χ0v) is 19.0. The van der Waals surface area contributed by atoms with Gasteiger partial charge in [0.15, 0.2) is 5.78 Å². The molecule has 0 atom stereocenters. The highest BCUT2D eigenvalue weighted by Crippen LogP contribution is 2.39. The standard InChI is InChI=1S/C27H29N3O3/c1-30(2)17-5-16-28-19-10-8-18(9-11-19)27(33)29-23-14-12-20(21-6-3-4-7-24(21)31)22-13-15-25(32)26(22)23/h3-4,6-12,14,28,31H,5,13,15-17H2,1-2H3,(H,29,33). The van der Waals surface area contributed by atoms with Crippen LogP contribution in [0.4, 0.5) is 11.4 Å². The number of ketones is 1. The summed E-state index contributed by atoms with van der Waals surface area (Å²) >= 11 is 0. The van der Waals surface area contributed by atoms with E-state index in [1.165, 1.54) is 0 Å². The number of aromatic hydroxyl groups is 1. The molecule has 0 bridgehead atoms. The highest BCUT2D eigenvalue weighted by Gasteiger charge is 2.27. The zero-order valence-electron chi connectivity index (χ0n) is 19.0. The first kappa shape index (κ1) is 22.6. The number of nitrogens with zero attached hydrogens (tertiary/aromatic N) is 1. The van der Waals surface area contributed by atoms with E-state index in [2.05, 4.69) is 29.6 Å². The molecule has 0 fully saturated rings. The van der Waals surface area contributed by atoms with Crippen molar-refractivity contribution >= 4 is 23.1 Å². The number of para-hydroxylation sites is 1. The third-order valence-electron chi connectivity index (χ3n) is 5.89. The summed E-state index contributed by atoms with van der Waals surface area (Å²) in [6.07, 6.45) is 2.03. The second-order valence-electron chi connectivity index (χ2n) is 8.57. The van der Waals surface area contributed by atoms with Crippen LogP contribution in [0.25, 0.3) is 11.1 Å². The summed E-state index contributed by atoms with van der Waals surface area (Å²) in [5.41, 5.74) is 4.94. The molecule has 0 aliphatic heterocycles. The van der Waals surface area contributed by atoms with Crippen LogP contribution in [-0.2, 0) is 6.42 Å². The average Bonchev–Trinajstić information content (AvgIpc) is 3.20. The minimum absolute atomic E-state index is 0.00911. The van der Waals surface area contributed by atoms with E-state index in [-0.39, 0.29) is 17.4 Å². The Morgan fingerprint density at radius 1 is 0.970 bits per heavy atom. The molecule has 0 heterocycles. The van der Waals surface area contributed by atoms with Gasteiger partial charge in [0, 0.05) is 35.3 Å². The lowest BCUT2D eigenvalue weighted by Crippen LogP contribution is -2.16. The van der Waals surface area contributed by atoms with Gasteiger partial charge in [0.2, 0.25) is 0 Å². The number of fused-ring (bicyclic) bond motifs is 1. The molecular formula is C27H29N3O3. The topological polar surface area (TPSA) is 81.7 Å². The molecule has 0 saturated carbocycles.